The first-order valence-electron chi connectivity index (χ1n) is 6.14. The molecule has 0 unspecified atom stereocenters. The van der Waals surface area contributed by atoms with Gasteiger partial charge in [-0.3, -0.25) is 4.79 Å². The molecule has 2 rings (SSSR count). The number of benzene rings is 2. The summed E-state index contributed by atoms with van der Waals surface area (Å²) in [6.07, 6.45) is 0. The van der Waals surface area contributed by atoms with Gasteiger partial charge < -0.3 is 10.1 Å². The van der Waals surface area contributed by atoms with E-state index in [1.165, 1.54) is 30.3 Å². The molecule has 0 aliphatic heterocycles. The number of anilines is 1. The number of nitrogens with one attached hydrogen (secondary N) is 1. The highest BCUT2D eigenvalue weighted by atomic mass is 35.5. The van der Waals surface area contributed by atoms with Crippen LogP contribution in [-0.2, 0) is 9.53 Å². The van der Waals surface area contributed by atoms with Crippen molar-refractivity contribution in [2.45, 2.75) is 0 Å². The number of esters is 1. The summed E-state index contributed by atoms with van der Waals surface area (Å²) in [5.41, 5.74) is 0.172. The molecule has 0 aliphatic rings. The Labute approximate surface area is 135 Å². The van der Waals surface area contributed by atoms with Crippen molar-refractivity contribution in [3.05, 3.63) is 63.9 Å². The largest absolute Gasteiger partial charge is 0.452 e. The molecule has 0 heterocycles. The number of hydrogen-bond acceptors (Lipinski definition) is 3. The average Bonchev–Trinajstić information content (AvgIpc) is 2.49. The first-order chi connectivity index (χ1) is 10.5. The number of hydrogen-bond donors (Lipinski definition) is 1. The monoisotopic (exact) mass is 341 g/mol. The van der Waals surface area contributed by atoms with Gasteiger partial charge in [0.25, 0.3) is 5.91 Å². The maximum absolute atomic E-state index is 13.4. The average molecular weight is 342 g/mol. The Morgan fingerprint density at radius 1 is 1.09 bits per heavy atom. The summed E-state index contributed by atoms with van der Waals surface area (Å²) < 4.78 is 18.1. The molecule has 1 amide bonds. The first kappa shape index (κ1) is 16.3. The molecule has 2 aromatic carbocycles. The van der Waals surface area contributed by atoms with E-state index in [-0.39, 0.29) is 10.6 Å². The Morgan fingerprint density at radius 3 is 2.50 bits per heavy atom. The van der Waals surface area contributed by atoms with Crippen molar-refractivity contribution in [2.24, 2.45) is 0 Å². The molecule has 114 valence electrons. The highest BCUT2D eigenvalue weighted by Gasteiger charge is 2.14. The number of amides is 1. The molecule has 0 radical (unpaired) electrons. The molecule has 0 spiro atoms. The predicted molar refractivity (Wildman–Crippen MR) is 81.8 cm³/mol. The second kappa shape index (κ2) is 7.24. The van der Waals surface area contributed by atoms with Gasteiger partial charge in [0, 0.05) is 5.69 Å². The van der Waals surface area contributed by atoms with Gasteiger partial charge in [-0.2, -0.15) is 0 Å². The van der Waals surface area contributed by atoms with Crippen molar-refractivity contribution >= 4 is 40.8 Å². The molecule has 0 aliphatic carbocycles. The number of halogens is 3. The minimum absolute atomic E-state index is 0.232. The quantitative estimate of drug-likeness (QED) is 0.857. The van der Waals surface area contributed by atoms with E-state index in [0.29, 0.717) is 10.7 Å². The summed E-state index contributed by atoms with van der Waals surface area (Å²) in [6, 6.07) is 9.87. The molecule has 0 saturated heterocycles. The topological polar surface area (TPSA) is 55.4 Å². The fourth-order valence-electron chi connectivity index (χ4n) is 1.61. The van der Waals surface area contributed by atoms with Crippen molar-refractivity contribution in [1.82, 2.24) is 0 Å². The number of carbonyl (C=O) groups is 2. The summed E-state index contributed by atoms with van der Waals surface area (Å²) in [7, 11) is 0. The van der Waals surface area contributed by atoms with Gasteiger partial charge in [0.05, 0.1) is 15.6 Å². The molecule has 2 aromatic rings. The second-order valence-corrected chi connectivity index (χ2v) is 5.05. The van der Waals surface area contributed by atoms with E-state index in [1.54, 1.807) is 6.07 Å². The van der Waals surface area contributed by atoms with Crippen molar-refractivity contribution < 1.29 is 18.7 Å². The smallest absolute Gasteiger partial charge is 0.341 e. The zero-order valence-corrected chi connectivity index (χ0v) is 12.6. The van der Waals surface area contributed by atoms with Gasteiger partial charge in [0.15, 0.2) is 6.61 Å². The third-order valence-electron chi connectivity index (χ3n) is 2.63. The molecule has 0 atom stereocenters. The van der Waals surface area contributed by atoms with E-state index in [9.17, 15) is 14.0 Å². The lowest BCUT2D eigenvalue weighted by molar-refractivity contribution is -0.119. The summed E-state index contributed by atoms with van der Waals surface area (Å²) >= 11 is 11.6. The Balaban J connectivity index is 1.91. The van der Waals surface area contributed by atoms with Crippen molar-refractivity contribution in [3.8, 4) is 0 Å². The Hall–Kier alpha value is -2.11. The number of rotatable bonds is 4. The third-order valence-corrected chi connectivity index (χ3v) is 3.37. The van der Waals surface area contributed by atoms with Crippen LogP contribution >= 0.6 is 23.2 Å². The van der Waals surface area contributed by atoms with Crippen LogP contribution in [0.3, 0.4) is 0 Å². The molecular formula is C15H10Cl2FNO3. The third kappa shape index (κ3) is 4.19. The van der Waals surface area contributed by atoms with Crippen LogP contribution < -0.4 is 5.32 Å². The van der Waals surface area contributed by atoms with Crippen molar-refractivity contribution in [2.75, 3.05) is 11.9 Å². The Kier molecular flexibility index (Phi) is 5.35. The lowest BCUT2D eigenvalue weighted by atomic mass is 10.2. The molecule has 0 saturated carbocycles. The van der Waals surface area contributed by atoms with E-state index < -0.39 is 24.3 Å². The highest BCUT2D eigenvalue weighted by Crippen LogP contribution is 2.24. The predicted octanol–water partition coefficient (Wildman–Crippen LogP) is 3.93. The summed E-state index contributed by atoms with van der Waals surface area (Å²) in [5.74, 6) is -2.21. The molecule has 0 fully saturated rings. The van der Waals surface area contributed by atoms with Crippen LogP contribution in [0.25, 0.3) is 0 Å². The van der Waals surface area contributed by atoms with Gasteiger partial charge in [0.1, 0.15) is 5.82 Å². The van der Waals surface area contributed by atoms with E-state index in [2.05, 4.69) is 5.32 Å². The maximum atomic E-state index is 13.4. The fourth-order valence-corrected chi connectivity index (χ4v) is 1.90. The van der Waals surface area contributed by atoms with Crippen LogP contribution in [0.2, 0.25) is 10.0 Å². The minimum atomic E-state index is -0.914. The SMILES string of the molecule is O=C(COC(=O)c1ccccc1F)Nc1ccc(Cl)c(Cl)c1. The Bertz CT molecular complexity index is 722. The van der Waals surface area contributed by atoms with Crippen LogP contribution in [0.15, 0.2) is 42.5 Å². The molecule has 1 N–H and O–H groups in total. The zero-order valence-electron chi connectivity index (χ0n) is 11.1. The van der Waals surface area contributed by atoms with Crippen molar-refractivity contribution in [3.63, 3.8) is 0 Å². The highest BCUT2D eigenvalue weighted by molar-refractivity contribution is 6.42. The lowest BCUT2D eigenvalue weighted by Gasteiger charge is -2.07. The standard InChI is InChI=1S/C15H10Cl2FNO3/c16-11-6-5-9(7-12(11)17)19-14(20)8-22-15(21)10-3-1-2-4-13(10)18/h1-7H,8H2,(H,19,20). The molecular weight excluding hydrogens is 332 g/mol. The first-order valence-corrected chi connectivity index (χ1v) is 6.89. The van der Waals surface area contributed by atoms with Crippen LogP contribution in [-0.4, -0.2) is 18.5 Å². The zero-order chi connectivity index (χ0) is 16.1. The van der Waals surface area contributed by atoms with Crippen molar-refractivity contribution in [1.29, 1.82) is 0 Å². The molecule has 4 nitrogen and oxygen atoms in total. The normalized spacial score (nSPS) is 10.1. The molecule has 7 heteroatoms. The van der Waals surface area contributed by atoms with Gasteiger partial charge >= 0.3 is 5.97 Å². The van der Waals surface area contributed by atoms with Crippen LogP contribution in [0.1, 0.15) is 10.4 Å². The summed E-state index contributed by atoms with van der Waals surface area (Å²) in [4.78, 5) is 23.3. The van der Waals surface area contributed by atoms with Gasteiger partial charge in [-0.05, 0) is 30.3 Å². The molecule has 0 aromatic heterocycles. The summed E-state index contributed by atoms with van der Waals surface area (Å²) in [5, 5.41) is 3.11. The lowest BCUT2D eigenvalue weighted by Crippen LogP contribution is -2.21. The number of carbonyl (C=O) groups excluding carboxylic acids is 2. The van der Waals surface area contributed by atoms with E-state index >= 15 is 0 Å². The van der Waals surface area contributed by atoms with E-state index in [0.717, 1.165) is 6.07 Å². The molecule has 22 heavy (non-hydrogen) atoms. The van der Waals surface area contributed by atoms with Gasteiger partial charge in [-0.15, -0.1) is 0 Å². The van der Waals surface area contributed by atoms with Gasteiger partial charge in [0.2, 0.25) is 0 Å². The van der Waals surface area contributed by atoms with E-state index in [1.807, 2.05) is 0 Å². The minimum Gasteiger partial charge on any atom is -0.452 e. The van der Waals surface area contributed by atoms with Gasteiger partial charge in [-0.1, -0.05) is 35.3 Å². The van der Waals surface area contributed by atoms with Crippen LogP contribution in [0, 0.1) is 5.82 Å². The molecule has 0 bridgehead atoms. The van der Waals surface area contributed by atoms with Gasteiger partial charge in [-0.25, -0.2) is 9.18 Å². The number of ether oxygens (including phenoxy) is 1. The second-order valence-electron chi connectivity index (χ2n) is 4.23. The van der Waals surface area contributed by atoms with E-state index in [4.69, 9.17) is 27.9 Å². The van der Waals surface area contributed by atoms with Crippen LogP contribution in [0.4, 0.5) is 10.1 Å². The van der Waals surface area contributed by atoms with Crippen LogP contribution in [0.5, 0.6) is 0 Å². The fraction of sp³-hybridized carbons (Fsp3) is 0.0667. The summed E-state index contributed by atoms with van der Waals surface area (Å²) in [6.45, 7) is -0.548. The maximum Gasteiger partial charge on any atom is 0.341 e. The Morgan fingerprint density at radius 2 is 1.82 bits per heavy atom.